The van der Waals surface area contributed by atoms with Crippen LogP contribution in [0.2, 0.25) is 0 Å². The summed E-state index contributed by atoms with van der Waals surface area (Å²) >= 11 is 0. The lowest BCUT2D eigenvalue weighted by Crippen LogP contribution is -2.49. The highest BCUT2D eigenvalue weighted by atomic mass is 16.5. The van der Waals surface area contributed by atoms with Crippen LogP contribution in [0.5, 0.6) is 0 Å². The van der Waals surface area contributed by atoms with E-state index in [0.29, 0.717) is 19.5 Å². The van der Waals surface area contributed by atoms with Gasteiger partial charge in [-0.3, -0.25) is 4.79 Å². The molecule has 1 fully saturated rings. The SMILES string of the molecule is COC(=O)C1CCCCN1C(=O)Cc1ccccc1CN. The van der Waals surface area contributed by atoms with Crippen LogP contribution in [0.3, 0.4) is 0 Å². The van der Waals surface area contributed by atoms with Gasteiger partial charge >= 0.3 is 5.97 Å². The highest BCUT2D eigenvalue weighted by Crippen LogP contribution is 2.20. The first-order valence-corrected chi connectivity index (χ1v) is 7.31. The second-order valence-corrected chi connectivity index (χ2v) is 5.27. The molecular formula is C16H22N2O3. The summed E-state index contributed by atoms with van der Waals surface area (Å²) in [5.74, 6) is -0.360. The molecule has 0 radical (unpaired) electrons. The fraction of sp³-hybridized carbons (Fsp3) is 0.500. The number of amides is 1. The summed E-state index contributed by atoms with van der Waals surface area (Å²) in [4.78, 5) is 26.0. The van der Waals surface area contributed by atoms with Crippen LogP contribution in [0.25, 0.3) is 0 Å². The first-order valence-electron chi connectivity index (χ1n) is 7.31. The molecule has 0 bridgehead atoms. The number of methoxy groups -OCH3 is 1. The van der Waals surface area contributed by atoms with Gasteiger partial charge in [-0.15, -0.1) is 0 Å². The second-order valence-electron chi connectivity index (χ2n) is 5.27. The molecule has 2 N–H and O–H groups in total. The van der Waals surface area contributed by atoms with Crippen molar-refractivity contribution in [1.29, 1.82) is 0 Å². The summed E-state index contributed by atoms with van der Waals surface area (Å²) in [5.41, 5.74) is 7.60. The minimum absolute atomic E-state index is 0.0361. The molecule has 1 aromatic rings. The van der Waals surface area contributed by atoms with Crippen LogP contribution in [0.15, 0.2) is 24.3 Å². The van der Waals surface area contributed by atoms with Crippen molar-refractivity contribution in [1.82, 2.24) is 4.90 Å². The van der Waals surface area contributed by atoms with Crippen molar-refractivity contribution in [3.63, 3.8) is 0 Å². The Morgan fingerprint density at radius 3 is 2.67 bits per heavy atom. The zero-order valence-corrected chi connectivity index (χ0v) is 12.4. The fourth-order valence-corrected chi connectivity index (χ4v) is 2.80. The number of nitrogens with zero attached hydrogens (tertiary/aromatic N) is 1. The van der Waals surface area contributed by atoms with Crippen LogP contribution in [-0.2, 0) is 27.3 Å². The van der Waals surface area contributed by atoms with Crippen molar-refractivity contribution >= 4 is 11.9 Å². The number of carbonyl (C=O) groups is 2. The van der Waals surface area contributed by atoms with Crippen molar-refractivity contribution in [3.05, 3.63) is 35.4 Å². The molecule has 5 heteroatoms. The number of hydrogen-bond acceptors (Lipinski definition) is 4. The molecule has 1 unspecified atom stereocenters. The predicted molar refractivity (Wildman–Crippen MR) is 79.4 cm³/mol. The zero-order chi connectivity index (χ0) is 15.2. The van der Waals surface area contributed by atoms with Crippen molar-refractivity contribution in [2.45, 2.75) is 38.3 Å². The number of piperidine rings is 1. The Balaban J connectivity index is 2.12. The van der Waals surface area contributed by atoms with Gasteiger partial charge in [0, 0.05) is 13.1 Å². The van der Waals surface area contributed by atoms with E-state index in [9.17, 15) is 9.59 Å². The van der Waals surface area contributed by atoms with Gasteiger partial charge in [-0.25, -0.2) is 4.79 Å². The van der Waals surface area contributed by atoms with Gasteiger partial charge in [-0.2, -0.15) is 0 Å². The Bertz CT molecular complexity index is 516. The standard InChI is InChI=1S/C16H22N2O3/c1-21-16(20)14-8-4-5-9-18(14)15(19)10-12-6-2-3-7-13(12)11-17/h2-3,6-7,14H,4-5,8-11,17H2,1H3. The van der Waals surface area contributed by atoms with Gasteiger partial charge in [0.2, 0.25) is 5.91 Å². The lowest BCUT2D eigenvalue weighted by molar-refractivity contribution is -0.154. The Morgan fingerprint density at radius 1 is 1.29 bits per heavy atom. The van der Waals surface area contributed by atoms with Crippen LogP contribution in [0.4, 0.5) is 0 Å². The average molecular weight is 290 g/mol. The Morgan fingerprint density at radius 2 is 2.00 bits per heavy atom. The number of rotatable bonds is 4. The third-order valence-electron chi connectivity index (χ3n) is 3.98. The molecule has 1 heterocycles. The lowest BCUT2D eigenvalue weighted by Gasteiger charge is -2.34. The van der Waals surface area contributed by atoms with E-state index >= 15 is 0 Å². The third kappa shape index (κ3) is 3.61. The molecule has 2 rings (SSSR count). The molecule has 0 aromatic heterocycles. The average Bonchev–Trinajstić information content (AvgIpc) is 2.54. The Labute approximate surface area is 125 Å². The number of nitrogens with two attached hydrogens (primary N) is 1. The fourth-order valence-electron chi connectivity index (χ4n) is 2.80. The van der Waals surface area contributed by atoms with Gasteiger partial charge in [-0.1, -0.05) is 24.3 Å². The first-order chi connectivity index (χ1) is 10.2. The van der Waals surface area contributed by atoms with Crippen LogP contribution in [-0.4, -0.2) is 36.5 Å². The number of benzene rings is 1. The van der Waals surface area contributed by atoms with E-state index < -0.39 is 6.04 Å². The first kappa shape index (κ1) is 15.5. The summed E-state index contributed by atoms with van der Waals surface area (Å²) in [7, 11) is 1.36. The molecule has 0 spiro atoms. The van der Waals surface area contributed by atoms with Crippen molar-refractivity contribution in [2.75, 3.05) is 13.7 Å². The number of carbonyl (C=O) groups excluding carboxylic acids is 2. The van der Waals surface area contributed by atoms with Crippen LogP contribution in [0, 0.1) is 0 Å². The van der Waals surface area contributed by atoms with Crippen molar-refractivity contribution < 1.29 is 14.3 Å². The second kappa shape index (κ2) is 7.22. The molecule has 21 heavy (non-hydrogen) atoms. The monoisotopic (exact) mass is 290 g/mol. The van der Waals surface area contributed by atoms with Gasteiger partial charge in [0.25, 0.3) is 0 Å². The van der Waals surface area contributed by atoms with Crippen molar-refractivity contribution in [2.24, 2.45) is 5.73 Å². The quantitative estimate of drug-likeness (QED) is 0.847. The van der Waals surface area contributed by atoms with E-state index in [4.69, 9.17) is 10.5 Å². The Hall–Kier alpha value is -1.88. The normalized spacial score (nSPS) is 18.4. The highest BCUT2D eigenvalue weighted by Gasteiger charge is 2.32. The van der Waals surface area contributed by atoms with Crippen LogP contribution >= 0.6 is 0 Å². The van der Waals surface area contributed by atoms with Gasteiger partial charge in [0.1, 0.15) is 6.04 Å². The maximum Gasteiger partial charge on any atom is 0.328 e. The number of likely N-dealkylation sites (tertiary alicyclic amines) is 1. The van der Waals surface area contributed by atoms with E-state index in [-0.39, 0.29) is 18.3 Å². The topological polar surface area (TPSA) is 72.6 Å². The minimum atomic E-state index is -0.443. The maximum atomic E-state index is 12.5. The van der Waals surface area contributed by atoms with Gasteiger partial charge in [0.15, 0.2) is 0 Å². The van der Waals surface area contributed by atoms with E-state index in [1.54, 1.807) is 4.90 Å². The molecule has 114 valence electrons. The van der Waals surface area contributed by atoms with E-state index in [1.165, 1.54) is 7.11 Å². The van der Waals surface area contributed by atoms with Crippen molar-refractivity contribution in [3.8, 4) is 0 Å². The molecule has 1 saturated heterocycles. The Kier molecular flexibility index (Phi) is 5.33. The molecule has 1 aromatic carbocycles. The summed E-state index contributed by atoms with van der Waals surface area (Å²) in [5, 5.41) is 0. The van der Waals surface area contributed by atoms with Crippen LogP contribution in [0.1, 0.15) is 30.4 Å². The predicted octanol–water partition coefficient (Wildman–Crippen LogP) is 1.24. The molecule has 0 saturated carbocycles. The molecule has 1 atom stereocenters. The maximum absolute atomic E-state index is 12.5. The molecule has 0 aliphatic carbocycles. The number of ether oxygens (including phenoxy) is 1. The van der Waals surface area contributed by atoms with E-state index in [0.717, 1.165) is 24.0 Å². The minimum Gasteiger partial charge on any atom is -0.467 e. The summed E-state index contributed by atoms with van der Waals surface area (Å²) < 4.78 is 4.81. The molecule has 1 aliphatic rings. The van der Waals surface area contributed by atoms with Crippen LogP contribution < -0.4 is 5.73 Å². The van der Waals surface area contributed by atoms with Gasteiger partial charge in [0.05, 0.1) is 13.5 Å². The largest absolute Gasteiger partial charge is 0.467 e. The zero-order valence-electron chi connectivity index (χ0n) is 12.4. The molecule has 1 aliphatic heterocycles. The highest BCUT2D eigenvalue weighted by molar-refractivity contribution is 5.86. The molecule has 5 nitrogen and oxygen atoms in total. The molecular weight excluding hydrogens is 268 g/mol. The number of hydrogen-bond donors (Lipinski definition) is 1. The molecule has 1 amide bonds. The summed E-state index contributed by atoms with van der Waals surface area (Å²) in [6.45, 7) is 1.02. The lowest BCUT2D eigenvalue weighted by atomic mass is 9.99. The van der Waals surface area contributed by atoms with E-state index in [2.05, 4.69) is 0 Å². The smallest absolute Gasteiger partial charge is 0.328 e. The van der Waals surface area contributed by atoms with Gasteiger partial charge < -0.3 is 15.4 Å². The third-order valence-corrected chi connectivity index (χ3v) is 3.98. The van der Waals surface area contributed by atoms with E-state index in [1.807, 2.05) is 24.3 Å². The van der Waals surface area contributed by atoms with Gasteiger partial charge in [-0.05, 0) is 30.4 Å². The summed E-state index contributed by atoms with van der Waals surface area (Å²) in [6.07, 6.45) is 2.83. The number of esters is 1. The summed E-state index contributed by atoms with van der Waals surface area (Å²) in [6, 6.07) is 7.21.